The molecule has 4 rings (SSSR count). The Balaban J connectivity index is 1.83. The van der Waals surface area contributed by atoms with Crippen molar-refractivity contribution in [1.82, 2.24) is 0 Å². The third-order valence-corrected chi connectivity index (χ3v) is 5.00. The van der Waals surface area contributed by atoms with Gasteiger partial charge in [0, 0.05) is 24.2 Å². The summed E-state index contributed by atoms with van der Waals surface area (Å²) in [6, 6.07) is 13.6. The number of hydrogen-bond donors (Lipinski definition) is 1. The first-order chi connectivity index (χ1) is 10.4. The molecule has 1 heterocycles. The third-order valence-electron chi connectivity index (χ3n) is 5.00. The number of nitrogens with zero attached hydrogens (tertiary/aromatic N) is 1. The molecule has 1 aliphatic carbocycles. The molecule has 2 aliphatic rings. The number of benzene rings is 2. The van der Waals surface area contributed by atoms with Crippen LogP contribution in [0.3, 0.4) is 0 Å². The molecule has 3 heteroatoms. The lowest BCUT2D eigenvalue weighted by molar-refractivity contribution is 0.0257. The lowest BCUT2D eigenvalue weighted by atomic mass is 10.00. The van der Waals surface area contributed by atoms with Crippen LogP contribution in [0.25, 0.3) is 10.8 Å². The number of morpholine rings is 1. The van der Waals surface area contributed by atoms with Crippen molar-refractivity contribution < 1.29 is 4.74 Å². The minimum Gasteiger partial charge on any atom is -0.374 e. The maximum absolute atomic E-state index is 5.95. The van der Waals surface area contributed by atoms with Crippen molar-refractivity contribution in [1.29, 1.82) is 0 Å². The van der Waals surface area contributed by atoms with Crippen LogP contribution >= 0.6 is 0 Å². The Morgan fingerprint density at radius 2 is 1.95 bits per heavy atom. The van der Waals surface area contributed by atoms with Crippen molar-refractivity contribution >= 4 is 16.5 Å². The predicted octanol–water partition coefficient (Wildman–Crippen LogP) is 3.06. The Morgan fingerprint density at radius 3 is 2.81 bits per heavy atom. The average Bonchev–Trinajstić information content (AvgIpc) is 3.02. The van der Waals surface area contributed by atoms with Gasteiger partial charge in [0.15, 0.2) is 0 Å². The zero-order valence-corrected chi connectivity index (χ0v) is 12.3. The Kier molecular flexibility index (Phi) is 3.32. The summed E-state index contributed by atoms with van der Waals surface area (Å²) in [5.41, 5.74) is 8.47. The van der Waals surface area contributed by atoms with Crippen molar-refractivity contribution in [2.75, 3.05) is 18.1 Å². The molecule has 110 valence electrons. The van der Waals surface area contributed by atoms with E-state index in [1.807, 2.05) is 0 Å². The van der Waals surface area contributed by atoms with Gasteiger partial charge in [0.05, 0.1) is 18.8 Å². The summed E-state index contributed by atoms with van der Waals surface area (Å²) in [6.45, 7) is 2.43. The third kappa shape index (κ3) is 2.12. The number of ether oxygens (including phenoxy) is 1. The lowest BCUT2D eigenvalue weighted by Crippen LogP contribution is -2.48. The van der Waals surface area contributed by atoms with Crippen LogP contribution in [0.5, 0.6) is 0 Å². The van der Waals surface area contributed by atoms with Gasteiger partial charge in [0.1, 0.15) is 0 Å². The number of rotatable bonds is 2. The fourth-order valence-corrected chi connectivity index (χ4v) is 4.00. The van der Waals surface area contributed by atoms with E-state index in [0.29, 0.717) is 18.7 Å². The van der Waals surface area contributed by atoms with Crippen LogP contribution in [0.1, 0.15) is 24.8 Å². The highest BCUT2D eigenvalue weighted by Crippen LogP contribution is 2.37. The fourth-order valence-electron chi connectivity index (χ4n) is 4.00. The van der Waals surface area contributed by atoms with Gasteiger partial charge in [-0.15, -0.1) is 0 Å². The van der Waals surface area contributed by atoms with Gasteiger partial charge in [-0.05, 0) is 36.3 Å². The second kappa shape index (κ2) is 5.32. The van der Waals surface area contributed by atoms with E-state index >= 15 is 0 Å². The maximum atomic E-state index is 5.95. The average molecular weight is 282 g/mol. The molecule has 1 saturated carbocycles. The number of fused-ring (bicyclic) bond motifs is 2. The monoisotopic (exact) mass is 282 g/mol. The zero-order valence-electron chi connectivity index (χ0n) is 12.3. The minimum absolute atomic E-state index is 0.423. The van der Waals surface area contributed by atoms with E-state index in [4.69, 9.17) is 10.5 Å². The Morgan fingerprint density at radius 1 is 1.10 bits per heavy atom. The first-order valence-corrected chi connectivity index (χ1v) is 7.97. The van der Waals surface area contributed by atoms with Crippen LogP contribution < -0.4 is 10.6 Å². The molecule has 3 nitrogen and oxygen atoms in total. The summed E-state index contributed by atoms with van der Waals surface area (Å²) >= 11 is 0. The molecule has 2 unspecified atom stereocenters. The van der Waals surface area contributed by atoms with E-state index in [9.17, 15) is 0 Å². The molecular formula is C18H22N2O. The molecule has 1 saturated heterocycles. The van der Waals surface area contributed by atoms with Crippen LogP contribution in [0.2, 0.25) is 0 Å². The quantitative estimate of drug-likeness (QED) is 0.920. The van der Waals surface area contributed by atoms with Crippen molar-refractivity contribution in [2.24, 2.45) is 5.73 Å². The Hall–Kier alpha value is -1.58. The van der Waals surface area contributed by atoms with Gasteiger partial charge in [-0.3, -0.25) is 0 Å². The van der Waals surface area contributed by atoms with Gasteiger partial charge in [0.25, 0.3) is 0 Å². The van der Waals surface area contributed by atoms with E-state index in [1.165, 1.54) is 41.3 Å². The van der Waals surface area contributed by atoms with Gasteiger partial charge >= 0.3 is 0 Å². The molecule has 21 heavy (non-hydrogen) atoms. The van der Waals surface area contributed by atoms with Crippen molar-refractivity contribution in [3.8, 4) is 0 Å². The SMILES string of the molecule is NCc1ccc(N2CCOC3CCCC32)c2ccccc12. The first-order valence-electron chi connectivity index (χ1n) is 7.97. The summed E-state index contributed by atoms with van der Waals surface area (Å²) in [4.78, 5) is 2.57. The summed E-state index contributed by atoms with van der Waals surface area (Å²) in [6.07, 6.45) is 4.16. The highest BCUT2D eigenvalue weighted by Gasteiger charge is 2.36. The smallest absolute Gasteiger partial charge is 0.0779 e. The highest BCUT2D eigenvalue weighted by molar-refractivity contribution is 5.96. The Bertz CT molecular complexity index is 655. The standard InChI is InChI=1S/C18H22N2O/c19-12-13-8-9-16(15-5-2-1-4-14(13)15)20-10-11-21-18-7-3-6-17(18)20/h1-2,4-5,8-9,17-18H,3,6-7,10-12,19H2. The summed E-state index contributed by atoms with van der Waals surface area (Å²) in [7, 11) is 0. The van der Waals surface area contributed by atoms with Crippen LogP contribution in [0.15, 0.2) is 36.4 Å². The predicted molar refractivity (Wildman–Crippen MR) is 86.6 cm³/mol. The van der Waals surface area contributed by atoms with Gasteiger partial charge in [-0.1, -0.05) is 30.3 Å². The number of anilines is 1. The molecule has 2 fully saturated rings. The largest absolute Gasteiger partial charge is 0.374 e. The normalized spacial score (nSPS) is 25.3. The maximum Gasteiger partial charge on any atom is 0.0779 e. The summed E-state index contributed by atoms with van der Waals surface area (Å²) in [5.74, 6) is 0. The van der Waals surface area contributed by atoms with E-state index in [0.717, 1.165) is 13.2 Å². The zero-order chi connectivity index (χ0) is 14.2. The first kappa shape index (κ1) is 13.1. The topological polar surface area (TPSA) is 38.5 Å². The Labute approximate surface area is 125 Å². The number of nitrogens with two attached hydrogens (primary N) is 1. The molecule has 2 N–H and O–H groups in total. The van der Waals surface area contributed by atoms with Crippen LogP contribution in [-0.2, 0) is 11.3 Å². The molecule has 0 bridgehead atoms. The molecule has 0 spiro atoms. The van der Waals surface area contributed by atoms with Crippen molar-refractivity contribution in [2.45, 2.75) is 38.0 Å². The molecule has 0 amide bonds. The molecule has 0 aromatic heterocycles. The second-order valence-electron chi connectivity index (χ2n) is 6.09. The molecular weight excluding hydrogens is 260 g/mol. The molecule has 0 radical (unpaired) electrons. The van der Waals surface area contributed by atoms with E-state index in [1.54, 1.807) is 0 Å². The van der Waals surface area contributed by atoms with E-state index in [-0.39, 0.29) is 0 Å². The van der Waals surface area contributed by atoms with Gasteiger partial charge < -0.3 is 15.4 Å². The van der Waals surface area contributed by atoms with Gasteiger partial charge in [0.2, 0.25) is 0 Å². The van der Waals surface area contributed by atoms with E-state index < -0.39 is 0 Å². The van der Waals surface area contributed by atoms with Crippen LogP contribution in [0.4, 0.5) is 5.69 Å². The van der Waals surface area contributed by atoms with Gasteiger partial charge in [-0.2, -0.15) is 0 Å². The summed E-state index contributed by atoms with van der Waals surface area (Å²) in [5, 5.41) is 2.62. The van der Waals surface area contributed by atoms with Crippen molar-refractivity contribution in [3.05, 3.63) is 42.0 Å². The lowest BCUT2D eigenvalue weighted by Gasteiger charge is -2.40. The minimum atomic E-state index is 0.423. The molecule has 2 aromatic carbocycles. The van der Waals surface area contributed by atoms with Crippen LogP contribution in [0, 0.1) is 0 Å². The second-order valence-corrected chi connectivity index (χ2v) is 6.09. The highest BCUT2D eigenvalue weighted by atomic mass is 16.5. The fraction of sp³-hybridized carbons (Fsp3) is 0.444. The molecule has 2 atom stereocenters. The van der Waals surface area contributed by atoms with Gasteiger partial charge in [-0.25, -0.2) is 0 Å². The number of hydrogen-bond acceptors (Lipinski definition) is 3. The molecule has 1 aliphatic heterocycles. The molecule has 2 aromatic rings. The van der Waals surface area contributed by atoms with Crippen LogP contribution in [-0.4, -0.2) is 25.3 Å². The van der Waals surface area contributed by atoms with Crippen molar-refractivity contribution in [3.63, 3.8) is 0 Å². The summed E-state index contributed by atoms with van der Waals surface area (Å²) < 4.78 is 5.95. The van der Waals surface area contributed by atoms with E-state index in [2.05, 4.69) is 41.3 Å².